The molecular weight excluding hydrogens is 278 g/mol. The molecule has 1 fully saturated rings. The summed E-state index contributed by atoms with van der Waals surface area (Å²) in [5, 5.41) is 9.45. The molecule has 1 heterocycles. The van der Waals surface area contributed by atoms with E-state index < -0.39 is 0 Å². The third kappa shape index (κ3) is 4.93. The molecule has 0 aromatic carbocycles. The molecule has 0 spiro atoms. The van der Waals surface area contributed by atoms with Gasteiger partial charge in [-0.15, -0.1) is 0 Å². The van der Waals surface area contributed by atoms with Crippen molar-refractivity contribution in [2.24, 2.45) is 17.1 Å². The van der Waals surface area contributed by atoms with Gasteiger partial charge in [0.15, 0.2) is 0 Å². The molecule has 0 bridgehead atoms. The summed E-state index contributed by atoms with van der Waals surface area (Å²) in [4.78, 5) is 17.0. The van der Waals surface area contributed by atoms with Crippen molar-refractivity contribution in [1.29, 1.82) is 0 Å². The molecule has 22 heavy (non-hydrogen) atoms. The Morgan fingerprint density at radius 2 is 1.91 bits per heavy atom. The Morgan fingerprint density at radius 3 is 2.32 bits per heavy atom. The molecule has 1 aliphatic heterocycles. The zero-order chi connectivity index (χ0) is 16.8. The quantitative estimate of drug-likeness (QED) is 0.709. The van der Waals surface area contributed by atoms with Crippen molar-refractivity contribution < 1.29 is 9.90 Å². The highest BCUT2D eigenvalue weighted by Gasteiger charge is 2.36. The first-order valence-electron chi connectivity index (χ1n) is 8.74. The average Bonchev–Trinajstić information content (AvgIpc) is 2.51. The summed E-state index contributed by atoms with van der Waals surface area (Å²) in [6.07, 6.45) is 3.53. The van der Waals surface area contributed by atoms with Crippen molar-refractivity contribution in [3.05, 3.63) is 0 Å². The number of likely N-dealkylation sites (tertiary alicyclic amines) is 1. The van der Waals surface area contributed by atoms with Crippen LogP contribution in [0.2, 0.25) is 0 Å². The van der Waals surface area contributed by atoms with Gasteiger partial charge in [-0.1, -0.05) is 13.8 Å². The lowest BCUT2D eigenvalue weighted by Crippen LogP contribution is -2.48. The number of hydrogen-bond donors (Lipinski definition) is 2. The van der Waals surface area contributed by atoms with Crippen LogP contribution in [0.25, 0.3) is 0 Å². The number of nitrogens with zero attached hydrogens (tertiary/aromatic N) is 2. The van der Waals surface area contributed by atoms with E-state index in [0.29, 0.717) is 12.5 Å². The minimum Gasteiger partial charge on any atom is -0.392 e. The lowest BCUT2D eigenvalue weighted by Gasteiger charge is -2.37. The fourth-order valence-corrected chi connectivity index (χ4v) is 3.53. The first kappa shape index (κ1) is 19.4. The highest BCUT2D eigenvalue weighted by Crippen LogP contribution is 2.28. The summed E-state index contributed by atoms with van der Waals surface area (Å²) in [5.41, 5.74) is 5.50. The van der Waals surface area contributed by atoms with Crippen LogP contribution >= 0.6 is 0 Å². The highest BCUT2D eigenvalue weighted by atomic mass is 16.3. The van der Waals surface area contributed by atoms with Crippen LogP contribution in [0, 0.1) is 11.3 Å². The van der Waals surface area contributed by atoms with Crippen LogP contribution in [0.3, 0.4) is 0 Å². The zero-order valence-corrected chi connectivity index (χ0v) is 14.8. The predicted molar refractivity (Wildman–Crippen MR) is 90.6 cm³/mol. The minimum absolute atomic E-state index is 0.200. The first-order chi connectivity index (χ1) is 10.4. The van der Waals surface area contributed by atoms with Gasteiger partial charge in [0.25, 0.3) is 0 Å². The van der Waals surface area contributed by atoms with Crippen molar-refractivity contribution in [3.8, 4) is 0 Å². The fourth-order valence-electron chi connectivity index (χ4n) is 3.53. The maximum absolute atomic E-state index is 12.7. The molecule has 5 heteroatoms. The van der Waals surface area contributed by atoms with Crippen LogP contribution in [0.4, 0.5) is 0 Å². The van der Waals surface area contributed by atoms with E-state index in [-0.39, 0.29) is 17.4 Å². The van der Waals surface area contributed by atoms with Crippen molar-refractivity contribution in [2.45, 2.75) is 52.6 Å². The molecule has 0 aromatic rings. The van der Waals surface area contributed by atoms with Gasteiger partial charge in [-0.25, -0.2) is 0 Å². The standard InChI is InChI=1S/C17H35N3O2/c1-5-17(6-2,13-18)16(22)19(4)12-15-7-9-20(10-8-15)11-14(3)21/h14-15,21H,5-13,18H2,1-4H3. The topological polar surface area (TPSA) is 69.8 Å². The summed E-state index contributed by atoms with van der Waals surface area (Å²) in [6.45, 7) is 9.97. The van der Waals surface area contributed by atoms with Gasteiger partial charge in [-0.3, -0.25) is 4.79 Å². The maximum atomic E-state index is 12.7. The lowest BCUT2D eigenvalue weighted by molar-refractivity contribution is -0.141. The smallest absolute Gasteiger partial charge is 0.229 e. The molecule has 0 saturated carbocycles. The fraction of sp³-hybridized carbons (Fsp3) is 0.941. The second kappa shape index (κ2) is 8.85. The summed E-state index contributed by atoms with van der Waals surface area (Å²) >= 11 is 0. The zero-order valence-electron chi connectivity index (χ0n) is 14.8. The van der Waals surface area contributed by atoms with Gasteiger partial charge >= 0.3 is 0 Å². The van der Waals surface area contributed by atoms with E-state index in [1.807, 2.05) is 18.9 Å². The summed E-state index contributed by atoms with van der Waals surface area (Å²) in [6, 6.07) is 0. The van der Waals surface area contributed by atoms with Gasteiger partial charge in [-0.05, 0) is 51.6 Å². The van der Waals surface area contributed by atoms with Crippen molar-refractivity contribution >= 4 is 5.91 Å². The molecule has 1 rings (SSSR count). The van der Waals surface area contributed by atoms with Crippen LogP contribution in [0.15, 0.2) is 0 Å². The van der Waals surface area contributed by atoms with Gasteiger partial charge in [0.2, 0.25) is 5.91 Å². The van der Waals surface area contributed by atoms with Crippen molar-refractivity contribution in [2.75, 3.05) is 39.8 Å². The highest BCUT2D eigenvalue weighted by molar-refractivity contribution is 5.82. The molecule has 1 unspecified atom stereocenters. The molecule has 5 nitrogen and oxygen atoms in total. The van der Waals surface area contributed by atoms with E-state index in [1.54, 1.807) is 0 Å². The SMILES string of the molecule is CCC(CC)(CN)C(=O)N(C)CC1CCN(CC(C)O)CC1. The molecule has 1 aliphatic rings. The summed E-state index contributed by atoms with van der Waals surface area (Å²) < 4.78 is 0. The van der Waals surface area contributed by atoms with Gasteiger partial charge in [0, 0.05) is 26.7 Å². The van der Waals surface area contributed by atoms with Crippen molar-refractivity contribution in [3.63, 3.8) is 0 Å². The number of rotatable bonds is 8. The number of β-amino-alcohol motifs (C(OH)–C–C–N with tert-alkyl or cyclic N) is 1. The third-order valence-corrected chi connectivity index (χ3v) is 5.31. The average molecular weight is 313 g/mol. The number of aliphatic hydroxyl groups excluding tert-OH is 1. The van der Waals surface area contributed by atoms with E-state index in [1.165, 1.54) is 0 Å². The minimum atomic E-state index is -0.387. The molecule has 0 aliphatic carbocycles. The van der Waals surface area contributed by atoms with Gasteiger partial charge < -0.3 is 20.6 Å². The number of hydrogen-bond acceptors (Lipinski definition) is 4. The second-order valence-electron chi connectivity index (χ2n) is 6.97. The number of carbonyl (C=O) groups is 1. The van der Waals surface area contributed by atoms with E-state index in [2.05, 4.69) is 18.7 Å². The molecule has 0 radical (unpaired) electrons. The monoisotopic (exact) mass is 313 g/mol. The normalized spacial score (nSPS) is 19.2. The Morgan fingerprint density at radius 1 is 1.36 bits per heavy atom. The molecule has 1 atom stereocenters. The molecule has 1 amide bonds. The number of piperidine rings is 1. The Bertz CT molecular complexity index is 327. The maximum Gasteiger partial charge on any atom is 0.229 e. The number of nitrogens with two attached hydrogens (primary N) is 1. The van der Waals surface area contributed by atoms with Gasteiger partial charge in [-0.2, -0.15) is 0 Å². The number of aliphatic hydroxyl groups is 1. The van der Waals surface area contributed by atoms with E-state index in [9.17, 15) is 9.90 Å². The van der Waals surface area contributed by atoms with Crippen LogP contribution in [-0.2, 0) is 4.79 Å². The van der Waals surface area contributed by atoms with Crippen LogP contribution in [0.1, 0.15) is 46.5 Å². The molecular formula is C17H35N3O2. The predicted octanol–water partition coefficient (Wildman–Crippen LogP) is 1.30. The number of carbonyl (C=O) groups excluding carboxylic acids is 1. The Labute approximate surface area is 135 Å². The Hall–Kier alpha value is -0.650. The van der Waals surface area contributed by atoms with Gasteiger partial charge in [0.05, 0.1) is 11.5 Å². The van der Waals surface area contributed by atoms with Crippen LogP contribution in [-0.4, -0.2) is 66.7 Å². The molecule has 1 saturated heterocycles. The lowest BCUT2D eigenvalue weighted by atomic mass is 9.80. The van der Waals surface area contributed by atoms with Crippen molar-refractivity contribution in [1.82, 2.24) is 9.80 Å². The van der Waals surface area contributed by atoms with Crippen LogP contribution in [0.5, 0.6) is 0 Å². The Balaban J connectivity index is 2.49. The van der Waals surface area contributed by atoms with E-state index in [4.69, 9.17) is 5.73 Å². The summed E-state index contributed by atoms with van der Waals surface area (Å²) in [5.74, 6) is 0.759. The third-order valence-electron chi connectivity index (χ3n) is 5.31. The second-order valence-corrected chi connectivity index (χ2v) is 6.97. The molecule has 130 valence electrons. The van der Waals surface area contributed by atoms with Gasteiger partial charge in [0.1, 0.15) is 0 Å². The number of amides is 1. The molecule has 0 aromatic heterocycles. The Kier molecular flexibility index (Phi) is 7.80. The van der Waals surface area contributed by atoms with E-state index in [0.717, 1.165) is 51.9 Å². The molecule has 3 N–H and O–H groups in total. The summed E-state index contributed by atoms with van der Waals surface area (Å²) in [7, 11) is 1.92. The first-order valence-corrected chi connectivity index (χ1v) is 8.74. The van der Waals surface area contributed by atoms with Crippen LogP contribution < -0.4 is 5.73 Å². The van der Waals surface area contributed by atoms with E-state index >= 15 is 0 Å². The largest absolute Gasteiger partial charge is 0.392 e.